The molecule has 1 rings (SSSR count). The first-order valence-corrected chi connectivity index (χ1v) is 5.28. The first kappa shape index (κ1) is 12.0. The van der Waals surface area contributed by atoms with Crippen LogP contribution in [0.2, 0.25) is 0 Å². The fraction of sp³-hybridized carbons (Fsp3) is 0.500. The molecule has 0 aliphatic heterocycles. The van der Waals surface area contributed by atoms with Gasteiger partial charge in [-0.15, -0.1) is 0 Å². The van der Waals surface area contributed by atoms with Gasteiger partial charge in [0, 0.05) is 24.2 Å². The number of hydrogen-bond donors (Lipinski definition) is 2. The van der Waals surface area contributed by atoms with Gasteiger partial charge in [0.05, 0.1) is 7.11 Å². The molecular formula is C12H20N2O. The Hall–Kier alpha value is -1.06. The first-order valence-electron chi connectivity index (χ1n) is 5.28. The Bertz CT molecular complexity index is 301. The van der Waals surface area contributed by atoms with Crippen molar-refractivity contribution in [2.45, 2.75) is 25.9 Å². The fourth-order valence-electron chi connectivity index (χ4n) is 1.61. The van der Waals surface area contributed by atoms with Crippen molar-refractivity contribution in [1.82, 2.24) is 5.32 Å². The highest BCUT2D eigenvalue weighted by molar-refractivity contribution is 5.35. The normalized spacial score (nSPS) is 14.7. The Labute approximate surface area is 91.6 Å². The molecule has 0 saturated heterocycles. The summed E-state index contributed by atoms with van der Waals surface area (Å²) in [5.41, 5.74) is 6.74. The number of para-hydroxylation sites is 1. The summed E-state index contributed by atoms with van der Waals surface area (Å²) >= 11 is 0. The van der Waals surface area contributed by atoms with Crippen LogP contribution in [0.3, 0.4) is 0 Å². The van der Waals surface area contributed by atoms with Crippen LogP contribution in [0.4, 0.5) is 0 Å². The first-order chi connectivity index (χ1) is 7.19. The summed E-state index contributed by atoms with van der Waals surface area (Å²) in [6.07, 6.45) is 0. The van der Waals surface area contributed by atoms with Crippen LogP contribution in [0.1, 0.15) is 25.5 Å². The van der Waals surface area contributed by atoms with Crippen molar-refractivity contribution in [2.24, 2.45) is 5.73 Å². The van der Waals surface area contributed by atoms with Crippen molar-refractivity contribution >= 4 is 0 Å². The van der Waals surface area contributed by atoms with Gasteiger partial charge < -0.3 is 15.8 Å². The molecule has 3 heteroatoms. The van der Waals surface area contributed by atoms with Gasteiger partial charge in [-0.05, 0) is 19.9 Å². The van der Waals surface area contributed by atoms with Crippen LogP contribution >= 0.6 is 0 Å². The van der Waals surface area contributed by atoms with Crippen LogP contribution in [-0.2, 0) is 0 Å². The molecule has 0 aromatic heterocycles. The summed E-state index contributed by atoms with van der Waals surface area (Å²) in [6, 6.07) is 8.59. The summed E-state index contributed by atoms with van der Waals surface area (Å²) in [5.74, 6) is 0.918. The van der Waals surface area contributed by atoms with E-state index in [4.69, 9.17) is 10.5 Å². The Morgan fingerprint density at radius 2 is 2.00 bits per heavy atom. The monoisotopic (exact) mass is 208 g/mol. The van der Waals surface area contributed by atoms with E-state index in [0.717, 1.165) is 5.75 Å². The second kappa shape index (κ2) is 5.73. The molecule has 1 unspecified atom stereocenters. The van der Waals surface area contributed by atoms with E-state index in [9.17, 15) is 0 Å². The third-order valence-electron chi connectivity index (χ3n) is 2.49. The van der Waals surface area contributed by atoms with Crippen LogP contribution in [-0.4, -0.2) is 19.7 Å². The van der Waals surface area contributed by atoms with Gasteiger partial charge in [-0.2, -0.15) is 0 Å². The highest BCUT2D eigenvalue weighted by Crippen LogP contribution is 2.24. The third kappa shape index (κ3) is 3.22. The van der Waals surface area contributed by atoms with Gasteiger partial charge in [0.1, 0.15) is 5.75 Å². The average Bonchev–Trinajstić information content (AvgIpc) is 2.28. The van der Waals surface area contributed by atoms with Crippen LogP contribution in [0.25, 0.3) is 0 Å². The van der Waals surface area contributed by atoms with E-state index in [0.29, 0.717) is 12.6 Å². The smallest absolute Gasteiger partial charge is 0.123 e. The van der Waals surface area contributed by atoms with Gasteiger partial charge in [0.2, 0.25) is 0 Å². The van der Waals surface area contributed by atoms with Gasteiger partial charge >= 0.3 is 0 Å². The van der Waals surface area contributed by atoms with Gasteiger partial charge in [-0.1, -0.05) is 18.2 Å². The maximum Gasteiger partial charge on any atom is 0.123 e. The number of rotatable bonds is 5. The van der Waals surface area contributed by atoms with E-state index in [1.54, 1.807) is 7.11 Å². The Morgan fingerprint density at radius 1 is 1.33 bits per heavy atom. The van der Waals surface area contributed by atoms with E-state index in [1.165, 1.54) is 5.56 Å². The molecule has 0 aliphatic carbocycles. The van der Waals surface area contributed by atoms with Crippen molar-refractivity contribution in [3.05, 3.63) is 29.8 Å². The molecule has 0 aliphatic rings. The van der Waals surface area contributed by atoms with E-state index in [1.807, 2.05) is 18.2 Å². The highest BCUT2D eigenvalue weighted by Gasteiger charge is 2.11. The molecule has 0 bridgehead atoms. The summed E-state index contributed by atoms with van der Waals surface area (Å²) in [5, 5.41) is 3.42. The van der Waals surface area contributed by atoms with Gasteiger partial charge in [-0.25, -0.2) is 0 Å². The predicted octanol–water partition coefficient (Wildman–Crippen LogP) is 1.69. The maximum absolute atomic E-state index is 5.58. The second-order valence-corrected chi connectivity index (χ2v) is 3.77. The SMILES string of the molecule is COc1ccccc1[C@@H](C)NC(C)CN. The minimum absolute atomic E-state index is 0.250. The lowest BCUT2D eigenvalue weighted by atomic mass is 10.1. The lowest BCUT2D eigenvalue weighted by Gasteiger charge is -2.20. The zero-order chi connectivity index (χ0) is 11.3. The largest absolute Gasteiger partial charge is 0.496 e. The molecule has 0 saturated carbocycles. The zero-order valence-electron chi connectivity index (χ0n) is 9.66. The number of ether oxygens (including phenoxy) is 1. The molecule has 0 fully saturated rings. The predicted molar refractivity (Wildman–Crippen MR) is 63.1 cm³/mol. The van der Waals surface area contributed by atoms with Crippen LogP contribution in [0, 0.1) is 0 Å². The minimum Gasteiger partial charge on any atom is -0.496 e. The lowest BCUT2D eigenvalue weighted by Crippen LogP contribution is -2.35. The molecule has 3 N–H and O–H groups in total. The Morgan fingerprint density at radius 3 is 2.60 bits per heavy atom. The van der Waals surface area contributed by atoms with Gasteiger partial charge in [-0.3, -0.25) is 0 Å². The molecule has 1 aromatic rings. The van der Waals surface area contributed by atoms with E-state index >= 15 is 0 Å². The molecule has 0 heterocycles. The van der Waals surface area contributed by atoms with Crippen LogP contribution in [0.5, 0.6) is 5.75 Å². The van der Waals surface area contributed by atoms with Crippen LogP contribution < -0.4 is 15.8 Å². The average molecular weight is 208 g/mol. The standard InChI is InChI=1S/C12H20N2O/c1-9(8-13)14-10(2)11-6-4-5-7-12(11)15-3/h4-7,9-10,14H,8,13H2,1-3H3/t9?,10-/m1/s1. The number of hydrogen-bond acceptors (Lipinski definition) is 3. The number of nitrogens with one attached hydrogen (secondary N) is 1. The lowest BCUT2D eigenvalue weighted by molar-refractivity contribution is 0.396. The van der Waals surface area contributed by atoms with E-state index in [2.05, 4.69) is 25.2 Å². The summed E-state index contributed by atoms with van der Waals surface area (Å²) in [6.45, 7) is 4.83. The second-order valence-electron chi connectivity index (χ2n) is 3.77. The maximum atomic E-state index is 5.58. The van der Waals surface area contributed by atoms with Crippen molar-refractivity contribution in [3.63, 3.8) is 0 Å². The van der Waals surface area contributed by atoms with Gasteiger partial charge in [0.15, 0.2) is 0 Å². The molecule has 1 aromatic carbocycles. The molecular weight excluding hydrogens is 188 g/mol. The third-order valence-corrected chi connectivity index (χ3v) is 2.49. The molecule has 2 atom stereocenters. The van der Waals surface area contributed by atoms with Crippen molar-refractivity contribution < 1.29 is 4.74 Å². The number of benzene rings is 1. The van der Waals surface area contributed by atoms with E-state index in [-0.39, 0.29) is 6.04 Å². The molecule has 0 radical (unpaired) electrons. The van der Waals surface area contributed by atoms with E-state index < -0.39 is 0 Å². The topological polar surface area (TPSA) is 47.3 Å². The van der Waals surface area contributed by atoms with Gasteiger partial charge in [0.25, 0.3) is 0 Å². The summed E-state index contributed by atoms with van der Waals surface area (Å²) in [7, 11) is 1.69. The number of nitrogens with two attached hydrogens (primary N) is 1. The molecule has 15 heavy (non-hydrogen) atoms. The van der Waals surface area contributed by atoms with Crippen molar-refractivity contribution in [2.75, 3.05) is 13.7 Å². The van der Waals surface area contributed by atoms with Crippen molar-refractivity contribution in [3.8, 4) is 5.75 Å². The molecule has 0 amide bonds. The fourth-order valence-corrected chi connectivity index (χ4v) is 1.61. The quantitative estimate of drug-likeness (QED) is 0.774. The minimum atomic E-state index is 0.250. The summed E-state index contributed by atoms with van der Waals surface area (Å²) in [4.78, 5) is 0. The Kier molecular flexibility index (Phi) is 4.59. The highest BCUT2D eigenvalue weighted by atomic mass is 16.5. The van der Waals surface area contributed by atoms with Crippen molar-refractivity contribution in [1.29, 1.82) is 0 Å². The Balaban J connectivity index is 2.76. The number of methoxy groups -OCH3 is 1. The molecule has 3 nitrogen and oxygen atoms in total. The summed E-state index contributed by atoms with van der Waals surface area (Å²) < 4.78 is 5.31. The zero-order valence-corrected chi connectivity index (χ0v) is 9.66. The molecule has 0 spiro atoms. The molecule has 84 valence electrons. The van der Waals surface area contributed by atoms with Crippen LogP contribution in [0.15, 0.2) is 24.3 Å².